The summed E-state index contributed by atoms with van der Waals surface area (Å²) in [7, 11) is -8.82. The fourth-order valence-corrected chi connectivity index (χ4v) is 3.59. The highest BCUT2D eigenvalue weighted by atomic mass is 32.3. The van der Waals surface area contributed by atoms with Gasteiger partial charge in [-0.15, -0.1) is 3.89 Å². The first kappa shape index (κ1) is 14.4. The third kappa shape index (κ3) is 3.50. The molecule has 0 amide bonds. The quantitative estimate of drug-likeness (QED) is 0.814. The number of rotatable bonds is 4. The number of nitrogens with one attached hydrogen (secondary N) is 1. The second-order valence-corrected chi connectivity index (χ2v) is 7.16. The van der Waals surface area contributed by atoms with Crippen LogP contribution in [0.5, 0.6) is 0 Å². The van der Waals surface area contributed by atoms with Gasteiger partial charge in [0.1, 0.15) is 0 Å². The molecule has 9 heteroatoms. The second kappa shape index (κ2) is 5.16. The predicted molar refractivity (Wildman–Crippen MR) is 64.3 cm³/mol. The number of benzene rings is 1. The molecule has 1 atom stereocenters. The Bertz CT molecular complexity index is 665. The van der Waals surface area contributed by atoms with Crippen LogP contribution in [0.15, 0.2) is 34.1 Å². The van der Waals surface area contributed by atoms with Crippen LogP contribution in [0.3, 0.4) is 0 Å². The monoisotopic (exact) mass is 309 g/mol. The SMILES string of the molecule is O=S(=O)(F)c1cccc(S(=O)(=O)NC2CCOC2)c1. The van der Waals surface area contributed by atoms with E-state index in [1.807, 2.05) is 0 Å². The third-order valence-electron chi connectivity index (χ3n) is 2.65. The Labute approximate surface area is 110 Å². The summed E-state index contributed by atoms with van der Waals surface area (Å²) in [5.74, 6) is 0. The second-order valence-electron chi connectivity index (χ2n) is 4.09. The van der Waals surface area contributed by atoms with Crippen molar-refractivity contribution in [3.8, 4) is 0 Å². The summed E-state index contributed by atoms with van der Waals surface area (Å²) < 4.78 is 65.7. The Morgan fingerprint density at radius 2 is 1.89 bits per heavy atom. The van der Waals surface area contributed by atoms with Gasteiger partial charge in [-0.2, -0.15) is 8.42 Å². The standard InChI is InChI=1S/C10H12FNO5S2/c11-18(13,14)9-2-1-3-10(6-9)19(15,16)12-8-4-5-17-7-8/h1-3,6,8,12H,4-5,7H2. The van der Waals surface area contributed by atoms with E-state index < -0.39 is 25.1 Å². The molecule has 106 valence electrons. The Morgan fingerprint density at radius 1 is 1.21 bits per heavy atom. The molecule has 2 rings (SSSR count). The van der Waals surface area contributed by atoms with Crippen molar-refractivity contribution in [3.05, 3.63) is 24.3 Å². The number of halogens is 1. The van der Waals surface area contributed by atoms with Gasteiger partial charge in [0.2, 0.25) is 10.0 Å². The van der Waals surface area contributed by atoms with E-state index in [2.05, 4.69) is 4.72 Å². The summed E-state index contributed by atoms with van der Waals surface area (Å²) in [4.78, 5) is -0.976. The van der Waals surface area contributed by atoms with Crippen LogP contribution in [0, 0.1) is 0 Å². The van der Waals surface area contributed by atoms with E-state index in [1.54, 1.807) is 0 Å². The van der Waals surface area contributed by atoms with Crippen molar-refractivity contribution in [3.63, 3.8) is 0 Å². The minimum Gasteiger partial charge on any atom is -0.380 e. The number of ether oxygens (including phenoxy) is 1. The molecule has 1 N–H and O–H groups in total. The largest absolute Gasteiger partial charge is 0.380 e. The zero-order valence-electron chi connectivity index (χ0n) is 9.74. The van der Waals surface area contributed by atoms with Gasteiger partial charge in [-0.3, -0.25) is 0 Å². The normalized spacial score (nSPS) is 20.6. The van der Waals surface area contributed by atoms with Crippen molar-refractivity contribution in [2.75, 3.05) is 13.2 Å². The minimum atomic E-state index is -4.93. The van der Waals surface area contributed by atoms with Gasteiger partial charge in [0.05, 0.1) is 16.4 Å². The average Bonchev–Trinajstić information content (AvgIpc) is 2.80. The summed E-state index contributed by atoms with van der Waals surface area (Å²) in [6, 6.07) is 3.80. The highest BCUT2D eigenvalue weighted by molar-refractivity contribution is 7.89. The van der Waals surface area contributed by atoms with Crippen LogP contribution in [0.2, 0.25) is 0 Å². The first-order chi connectivity index (χ1) is 8.79. The summed E-state index contributed by atoms with van der Waals surface area (Å²) in [5.41, 5.74) is 0. The van der Waals surface area contributed by atoms with Gasteiger partial charge >= 0.3 is 10.2 Å². The van der Waals surface area contributed by atoms with Gasteiger partial charge in [-0.25, -0.2) is 13.1 Å². The molecule has 1 aliphatic heterocycles. The molecule has 0 aromatic heterocycles. The first-order valence-electron chi connectivity index (χ1n) is 5.44. The summed E-state index contributed by atoms with van der Waals surface area (Å²) in [6.45, 7) is 0.729. The molecule has 19 heavy (non-hydrogen) atoms. The van der Waals surface area contributed by atoms with Crippen molar-refractivity contribution in [2.45, 2.75) is 22.3 Å². The highest BCUT2D eigenvalue weighted by Gasteiger charge is 2.24. The Morgan fingerprint density at radius 3 is 2.47 bits per heavy atom. The van der Waals surface area contributed by atoms with Gasteiger partial charge in [-0.1, -0.05) is 6.07 Å². The molecule has 0 aliphatic carbocycles. The van der Waals surface area contributed by atoms with E-state index in [1.165, 1.54) is 12.1 Å². The van der Waals surface area contributed by atoms with E-state index in [-0.39, 0.29) is 17.5 Å². The summed E-state index contributed by atoms with van der Waals surface area (Å²) in [6.07, 6.45) is 0.542. The molecule has 0 spiro atoms. The fraction of sp³-hybridized carbons (Fsp3) is 0.400. The van der Waals surface area contributed by atoms with Crippen molar-refractivity contribution in [1.82, 2.24) is 4.72 Å². The van der Waals surface area contributed by atoms with Gasteiger partial charge in [0, 0.05) is 12.6 Å². The van der Waals surface area contributed by atoms with Crippen molar-refractivity contribution in [1.29, 1.82) is 0 Å². The Hall–Kier alpha value is -1.03. The number of hydrogen-bond donors (Lipinski definition) is 1. The van der Waals surface area contributed by atoms with Gasteiger partial charge in [0.15, 0.2) is 0 Å². The Balaban J connectivity index is 2.30. The predicted octanol–water partition coefficient (Wildman–Crippen LogP) is 0.412. The van der Waals surface area contributed by atoms with E-state index in [9.17, 15) is 20.7 Å². The molecule has 0 radical (unpaired) electrons. The maximum absolute atomic E-state index is 12.8. The smallest absolute Gasteiger partial charge is 0.332 e. The molecule has 1 aromatic rings. The van der Waals surface area contributed by atoms with Crippen LogP contribution >= 0.6 is 0 Å². The van der Waals surface area contributed by atoms with Crippen LogP contribution in [0.25, 0.3) is 0 Å². The molecular formula is C10H12FNO5S2. The lowest BCUT2D eigenvalue weighted by Gasteiger charge is -2.11. The van der Waals surface area contributed by atoms with Crippen molar-refractivity contribution >= 4 is 20.2 Å². The number of sulfonamides is 1. The molecule has 1 unspecified atom stereocenters. The molecule has 1 saturated heterocycles. The van der Waals surface area contributed by atoms with Crippen molar-refractivity contribution < 1.29 is 25.5 Å². The maximum Gasteiger partial charge on any atom is 0.332 e. The maximum atomic E-state index is 12.8. The molecule has 0 bridgehead atoms. The van der Waals surface area contributed by atoms with Gasteiger partial charge in [0.25, 0.3) is 0 Å². The van der Waals surface area contributed by atoms with Crippen LogP contribution < -0.4 is 4.72 Å². The lowest BCUT2D eigenvalue weighted by molar-refractivity contribution is 0.192. The molecule has 1 aromatic carbocycles. The number of hydrogen-bond acceptors (Lipinski definition) is 5. The summed E-state index contributed by atoms with van der Waals surface area (Å²) in [5, 5.41) is 0. The van der Waals surface area contributed by atoms with Crippen LogP contribution in [0.4, 0.5) is 3.89 Å². The molecule has 1 fully saturated rings. The minimum absolute atomic E-state index is 0.264. The summed E-state index contributed by atoms with van der Waals surface area (Å²) >= 11 is 0. The van der Waals surface area contributed by atoms with Crippen LogP contribution in [0.1, 0.15) is 6.42 Å². The topological polar surface area (TPSA) is 89.5 Å². The lowest BCUT2D eigenvalue weighted by atomic mass is 10.3. The van der Waals surface area contributed by atoms with Crippen LogP contribution in [-0.4, -0.2) is 36.1 Å². The van der Waals surface area contributed by atoms with Gasteiger partial charge in [-0.05, 0) is 24.6 Å². The molecule has 6 nitrogen and oxygen atoms in total. The first-order valence-corrected chi connectivity index (χ1v) is 8.30. The highest BCUT2D eigenvalue weighted by Crippen LogP contribution is 2.18. The molecule has 1 heterocycles. The third-order valence-corrected chi connectivity index (χ3v) is 4.98. The lowest BCUT2D eigenvalue weighted by Crippen LogP contribution is -2.35. The van der Waals surface area contributed by atoms with E-state index in [0.29, 0.717) is 13.0 Å². The molecular weight excluding hydrogens is 297 g/mol. The van der Waals surface area contributed by atoms with Gasteiger partial charge < -0.3 is 4.74 Å². The van der Waals surface area contributed by atoms with E-state index in [4.69, 9.17) is 4.74 Å². The fourth-order valence-electron chi connectivity index (χ4n) is 1.71. The van der Waals surface area contributed by atoms with Crippen molar-refractivity contribution in [2.24, 2.45) is 0 Å². The van der Waals surface area contributed by atoms with Crippen LogP contribution in [-0.2, 0) is 25.0 Å². The Kier molecular flexibility index (Phi) is 3.90. The zero-order chi connectivity index (χ0) is 14.1. The van der Waals surface area contributed by atoms with E-state index in [0.717, 1.165) is 12.1 Å². The van der Waals surface area contributed by atoms with E-state index >= 15 is 0 Å². The molecule has 1 aliphatic rings. The zero-order valence-corrected chi connectivity index (χ0v) is 11.4. The molecule has 0 saturated carbocycles. The average molecular weight is 309 g/mol.